The molecule has 0 saturated carbocycles. The quantitative estimate of drug-likeness (QED) is 0.659. The molecule has 2 heteroatoms. The number of fused-ring (bicyclic) bond motifs is 3. The minimum Gasteiger partial charge on any atom is -0.346 e. The molecule has 1 aliphatic heterocycles. The Morgan fingerprint density at radius 2 is 2.21 bits per heavy atom. The van der Waals surface area contributed by atoms with E-state index in [0.29, 0.717) is 5.41 Å². The number of hydrogen-bond donors (Lipinski definition) is 1. The molecule has 14 heavy (non-hydrogen) atoms. The van der Waals surface area contributed by atoms with E-state index < -0.39 is 0 Å². The fourth-order valence-corrected chi connectivity index (χ4v) is 2.93. The van der Waals surface area contributed by atoms with Gasteiger partial charge in [-0.1, -0.05) is 13.8 Å². The first kappa shape index (κ1) is 8.54. The summed E-state index contributed by atoms with van der Waals surface area (Å²) >= 11 is 0. The summed E-state index contributed by atoms with van der Waals surface area (Å²) in [6.07, 6.45) is 2.53. The summed E-state index contributed by atoms with van der Waals surface area (Å²) in [5.74, 6) is 0. The van der Waals surface area contributed by atoms with Crippen LogP contribution in [0.4, 0.5) is 0 Å². The van der Waals surface area contributed by atoms with Crippen LogP contribution >= 0.6 is 0 Å². The Hall–Kier alpha value is -0.760. The Morgan fingerprint density at radius 3 is 3.07 bits per heavy atom. The van der Waals surface area contributed by atoms with Gasteiger partial charge in [0, 0.05) is 31.0 Å². The third-order valence-corrected chi connectivity index (χ3v) is 3.52. The number of aromatic nitrogens is 1. The van der Waals surface area contributed by atoms with Crippen LogP contribution < -0.4 is 5.32 Å². The molecule has 0 spiro atoms. The Bertz CT molecular complexity index is 374. The topological polar surface area (TPSA) is 17.0 Å². The van der Waals surface area contributed by atoms with Crippen molar-refractivity contribution in [1.29, 1.82) is 0 Å². The summed E-state index contributed by atoms with van der Waals surface area (Å²) in [5, 5.41) is 3.43. The van der Waals surface area contributed by atoms with E-state index in [4.69, 9.17) is 0 Å². The maximum Gasteiger partial charge on any atom is 0.0360 e. The summed E-state index contributed by atoms with van der Waals surface area (Å²) in [6, 6.07) is 2.41. The second-order valence-electron chi connectivity index (χ2n) is 5.45. The van der Waals surface area contributed by atoms with Crippen molar-refractivity contribution in [1.82, 2.24) is 9.88 Å². The zero-order valence-electron chi connectivity index (χ0n) is 9.06. The van der Waals surface area contributed by atoms with Gasteiger partial charge in [0.15, 0.2) is 0 Å². The van der Waals surface area contributed by atoms with E-state index in [0.717, 1.165) is 13.1 Å². The Balaban J connectivity index is 2.05. The van der Waals surface area contributed by atoms with Crippen LogP contribution in [0, 0.1) is 5.41 Å². The zero-order chi connectivity index (χ0) is 9.76. The maximum absolute atomic E-state index is 3.43. The monoisotopic (exact) mass is 190 g/mol. The Morgan fingerprint density at radius 1 is 1.36 bits per heavy atom. The van der Waals surface area contributed by atoms with E-state index in [-0.39, 0.29) is 0 Å². The van der Waals surface area contributed by atoms with E-state index in [1.165, 1.54) is 25.1 Å². The first-order valence-corrected chi connectivity index (χ1v) is 5.57. The second kappa shape index (κ2) is 2.63. The molecule has 1 aromatic heterocycles. The van der Waals surface area contributed by atoms with Gasteiger partial charge in [0.1, 0.15) is 0 Å². The van der Waals surface area contributed by atoms with E-state index in [2.05, 4.69) is 29.8 Å². The number of nitrogens with one attached hydrogen (secondary N) is 1. The highest BCUT2D eigenvalue weighted by molar-refractivity contribution is 5.35. The smallest absolute Gasteiger partial charge is 0.0360 e. The van der Waals surface area contributed by atoms with E-state index in [1.807, 2.05) is 0 Å². The maximum atomic E-state index is 3.43. The Kier molecular flexibility index (Phi) is 1.61. The largest absolute Gasteiger partial charge is 0.346 e. The lowest BCUT2D eigenvalue weighted by molar-refractivity contribution is 0.379. The molecule has 0 aromatic carbocycles. The van der Waals surface area contributed by atoms with Gasteiger partial charge in [-0.2, -0.15) is 0 Å². The molecule has 1 aromatic rings. The third kappa shape index (κ3) is 1.13. The fourth-order valence-electron chi connectivity index (χ4n) is 2.93. The van der Waals surface area contributed by atoms with Crippen LogP contribution in [0.25, 0.3) is 0 Å². The van der Waals surface area contributed by atoms with Crippen LogP contribution in [0.5, 0.6) is 0 Å². The molecule has 3 rings (SSSR count). The van der Waals surface area contributed by atoms with Gasteiger partial charge in [-0.05, 0) is 29.9 Å². The molecule has 2 aliphatic rings. The molecule has 0 radical (unpaired) electrons. The minimum atomic E-state index is 0.498. The van der Waals surface area contributed by atoms with Crippen molar-refractivity contribution in [3.05, 3.63) is 23.0 Å². The summed E-state index contributed by atoms with van der Waals surface area (Å²) in [7, 11) is 0. The van der Waals surface area contributed by atoms with Gasteiger partial charge in [-0.25, -0.2) is 0 Å². The average Bonchev–Trinajstić information content (AvgIpc) is 2.56. The van der Waals surface area contributed by atoms with Crippen LogP contribution in [-0.2, 0) is 25.9 Å². The van der Waals surface area contributed by atoms with Crippen LogP contribution in [0.15, 0.2) is 6.07 Å². The minimum absolute atomic E-state index is 0.498. The lowest BCUT2D eigenvalue weighted by Gasteiger charge is -2.21. The first-order chi connectivity index (χ1) is 6.66. The molecular weight excluding hydrogens is 172 g/mol. The van der Waals surface area contributed by atoms with Gasteiger partial charge < -0.3 is 9.88 Å². The molecule has 0 bridgehead atoms. The van der Waals surface area contributed by atoms with Crippen molar-refractivity contribution in [3.8, 4) is 0 Å². The molecule has 76 valence electrons. The van der Waals surface area contributed by atoms with Crippen molar-refractivity contribution < 1.29 is 0 Å². The molecule has 0 amide bonds. The van der Waals surface area contributed by atoms with Gasteiger partial charge in [0.25, 0.3) is 0 Å². The number of rotatable bonds is 0. The second-order valence-corrected chi connectivity index (χ2v) is 5.45. The predicted octanol–water partition coefficient (Wildman–Crippen LogP) is 1.72. The van der Waals surface area contributed by atoms with Gasteiger partial charge in [0.2, 0.25) is 0 Å². The number of nitrogens with zero attached hydrogens (tertiary/aromatic N) is 1. The van der Waals surface area contributed by atoms with Gasteiger partial charge in [0.05, 0.1) is 0 Å². The summed E-state index contributed by atoms with van der Waals surface area (Å²) < 4.78 is 2.54. The SMILES string of the molecule is CC1(C)Cc2cc3n(c2C1)CCNC3. The van der Waals surface area contributed by atoms with Crippen molar-refractivity contribution >= 4 is 0 Å². The van der Waals surface area contributed by atoms with Crippen molar-refractivity contribution in [2.45, 2.75) is 39.8 Å². The Labute approximate surface area is 85.3 Å². The van der Waals surface area contributed by atoms with Crippen LogP contribution in [0.1, 0.15) is 30.8 Å². The average molecular weight is 190 g/mol. The van der Waals surface area contributed by atoms with Crippen molar-refractivity contribution in [2.75, 3.05) is 6.54 Å². The molecule has 0 saturated heterocycles. The van der Waals surface area contributed by atoms with Gasteiger partial charge in [-0.15, -0.1) is 0 Å². The summed E-state index contributed by atoms with van der Waals surface area (Å²) in [5.41, 5.74) is 5.22. The molecular formula is C12H18N2. The van der Waals surface area contributed by atoms with Crippen LogP contribution in [-0.4, -0.2) is 11.1 Å². The lowest BCUT2D eigenvalue weighted by atomic mass is 9.90. The van der Waals surface area contributed by atoms with E-state index in [1.54, 1.807) is 11.3 Å². The summed E-state index contributed by atoms with van der Waals surface area (Å²) in [6.45, 7) is 8.12. The summed E-state index contributed by atoms with van der Waals surface area (Å²) in [4.78, 5) is 0. The molecule has 2 nitrogen and oxygen atoms in total. The molecule has 2 heterocycles. The van der Waals surface area contributed by atoms with Crippen LogP contribution in [0.2, 0.25) is 0 Å². The predicted molar refractivity (Wildman–Crippen MR) is 57.3 cm³/mol. The van der Waals surface area contributed by atoms with Gasteiger partial charge in [-0.3, -0.25) is 0 Å². The van der Waals surface area contributed by atoms with Crippen molar-refractivity contribution in [3.63, 3.8) is 0 Å². The highest BCUT2D eigenvalue weighted by atomic mass is 15.1. The molecule has 1 N–H and O–H groups in total. The van der Waals surface area contributed by atoms with Gasteiger partial charge >= 0.3 is 0 Å². The highest BCUT2D eigenvalue weighted by Gasteiger charge is 2.32. The molecule has 1 aliphatic carbocycles. The lowest BCUT2D eigenvalue weighted by Crippen LogP contribution is -2.29. The third-order valence-electron chi connectivity index (χ3n) is 3.52. The van der Waals surface area contributed by atoms with E-state index in [9.17, 15) is 0 Å². The molecule has 0 atom stereocenters. The fraction of sp³-hybridized carbons (Fsp3) is 0.667. The first-order valence-electron chi connectivity index (χ1n) is 5.57. The normalized spacial score (nSPS) is 23.3. The molecule has 0 fully saturated rings. The van der Waals surface area contributed by atoms with Crippen molar-refractivity contribution in [2.24, 2.45) is 5.41 Å². The van der Waals surface area contributed by atoms with E-state index >= 15 is 0 Å². The standard InChI is InChI=1S/C12H18N2/c1-12(2)6-9-5-10-8-13-3-4-14(10)11(9)7-12/h5,13H,3-4,6-8H2,1-2H3. The molecule has 0 unspecified atom stereocenters. The van der Waals surface area contributed by atoms with Crippen LogP contribution in [0.3, 0.4) is 0 Å². The zero-order valence-corrected chi connectivity index (χ0v) is 9.06. The highest BCUT2D eigenvalue weighted by Crippen LogP contribution is 2.38. The number of hydrogen-bond acceptors (Lipinski definition) is 1.